The van der Waals surface area contributed by atoms with E-state index in [-0.39, 0.29) is 17.7 Å². The number of hydrogen-bond donors (Lipinski definition) is 0. The van der Waals surface area contributed by atoms with E-state index >= 15 is 0 Å². The second kappa shape index (κ2) is 11.2. The number of carbonyl (C=O) groups is 3. The zero-order valence-corrected chi connectivity index (χ0v) is 21.7. The normalized spacial score (nSPS) is 14.8. The monoisotopic (exact) mass is 532 g/mol. The molecule has 38 heavy (non-hydrogen) atoms. The summed E-state index contributed by atoms with van der Waals surface area (Å²) in [4.78, 5) is 54.7. The number of hydrogen-bond acceptors (Lipinski definition) is 9. The summed E-state index contributed by atoms with van der Waals surface area (Å²) in [5, 5.41) is 0. The molecule has 1 atom stereocenters. The Labute approximate surface area is 221 Å². The lowest BCUT2D eigenvalue weighted by Crippen LogP contribution is -2.39. The topological polar surface area (TPSA) is 113 Å². The Hall–Kier alpha value is -4.57. The molecule has 2 aromatic carbocycles. The van der Waals surface area contributed by atoms with Crippen molar-refractivity contribution in [2.45, 2.75) is 26.8 Å². The highest BCUT2D eigenvalue weighted by Crippen LogP contribution is 2.31. The van der Waals surface area contributed by atoms with Crippen LogP contribution in [-0.4, -0.2) is 29.1 Å². The molecule has 1 aliphatic heterocycles. The Morgan fingerprint density at radius 3 is 2.39 bits per heavy atom. The van der Waals surface area contributed by atoms with E-state index in [1.54, 1.807) is 61.5 Å². The van der Waals surface area contributed by atoms with Crippen LogP contribution in [0.15, 0.2) is 82.2 Å². The maximum atomic E-state index is 13.8. The van der Waals surface area contributed by atoms with E-state index in [4.69, 9.17) is 14.2 Å². The molecule has 0 amide bonds. The van der Waals surface area contributed by atoms with Gasteiger partial charge in [-0.05, 0) is 36.8 Å². The molecular weight excluding hydrogens is 508 g/mol. The number of aromatic nitrogens is 1. The number of benzene rings is 2. The minimum Gasteiger partial charge on any atom is -0.458 e. The van der Waals surface area contributed by atoms with Crippen LogP contribution in [0.4, 0.5) is 0 Å². The Balaban J connectivity index is 1.90. The smallest absolute Gasteiger partial charge is 0.338 e. The van der Waals surface area contributed by atoms with Gasteiger partial charge in [-0.15, -0.1) is 0 Å². The lowest BCUT2D eigenvalue weighted by Gasteiger charge is -2.24. The fourth-order valence-electron chi connectivity index (χ4n) is 3.98. The first kappa shape index (κ1) is 26.5. The number of rotatable bonds is 7. The molecule has 1 aromatic heterocycles. The van der Waals surface area contributed by atoms with Crippen molar-refractivity contribution in [3.63, 3.8) is 0 Å². The van der Waals surface area contributed by atoms with Crippen LogP contribution in [0, 0.1) is 0 Å². The molecule has 0 aliphatic carbocycles. The van der Waals surface area contributed by atoms with E-state index in [2.05, 4.69) is 11.6 Å². The maximum Gasteiger partial charge on any atom is 0.338 e. The summed E-state index contributed by atoms with van der Waals surface area (Å²) in [7, 11) is 0. The van der Waals surface area contributed by atoms with E-state index in [1.165, 1.54) is 24.5 Å². The molecule has 0 saturated carbocycles. The Morgan fingerprint density at radius 1 is 1.05 bits per heavy atom. The summed E-state index contributed by atoms with van der Waals surface area (Å²) < 4.78 is 17.5. The zero-order chi connectivity index (χ0) is 27.4. The largest absolute Gasteiger partial charge is 0.458 e. The summed E-state index contributed by atoms with van der Waals surface area (Å²) >= 11 is 1.15. The minimum absolute atomic E-state index is 0.00885. The second-order valence-corrected chi connectivity index (χ2v) is 9.27. The van der Waals surface area contributed by atoms with Gasteiger partial charge in [0.05, 0.1) is 21.8 Å². The van der Waals surface area contributed by atoms with Crippen molar-refractivity contribution in [3.05, 3.63) is 103 Å². The summed E-state index contributed by atoms with van der Waals surface area (Å²) in [5.41, 5.74) is 1.35. The third kappa shape index (κ3) is 5.55. The number of esters is 3. The van der Waals surface area contributed by atoms with Crippen LogP contribution >= 0.6 is 11.3 Å². The molecule has 0 radical (unpaired) electrons. The third-order valence-electron chi connectivity index (χ3n) is 5.49. The summed E-state index contributed by atoms with van der Waals surface area (Å²) in [6.07, 6.45) is 3.07. The van der Waals surface area contributed by atoms with Crippen molar-refractivity contribution in [1.82, 2.24) is 4.57 Å². The highest BCUT2D eigenvalue weighted by Gasteiger charge is 2.33. The molecular formula is C28H24N2O7S. The number of fused-ring (bicyclic) bond motifs is 1. The molecule has 2 heterocycles. The Morgan fingerprint density at radius 2 is 1.74 bits per heavy atom. The van der Waals surface area contributed by atoms with Gasteiger partial charge in [0.2, 0.25) is 0 Å². The van der Waals surface area contributed by atoms with Crippen molar-refractivity contribution in [1.29, 1.82) is 0 Å². The standard InChI is InChI=1S/C28H24N2O7S/c1-5-14-35-27(34)24-16(2)29-28-30(25(24)19-10-12-21(13-11-19)36-17(3)31)26(33)23(38-28)15-20-8-6-7-9-22(20)37-18(4)32/h5-13,15,25H,1,14H2,2-4H3/b23-15+. The average molecular weight is 533 g/mol. The fourth-order valence-corrected chi connectivity index (χ4v) is 5.02. The van der Waals surface area contributed by atoms with Gasteiger partial charge >= 0.3 is 17.9 Å². The van der Waals surface area contributed by atoms with Crippen molar-refractivity contribution in [2.75, 3.05) is 6.61 Å². The molecule has 0 saturated heterocycles. The molecule has 4 rings (SSSR count). The molecule has 0 bridgehead atoms. The summed E-state index contributed by atoms with van der Waals surface area (Å²) in [6.45, 7) is 7.84. The predicted octanol–water partition coefficient (Wildman–Crippen LogP) is 2.82. The molecule has 1 unspecified atom stereocenters. The first-order valence-electron chi connectivity index (χ1n) is 11.6. The van der Waals surface area contributed by atoms with Gasteiger partial charge in [0.15, 0.2) is 4.80 Å². The number of allylic oxidation sites excluding steroid dienone is 1. The molecule has 194 valence electrons. The number of carbonyl (C=O) groups excluding carboxylic acids is 3. The minimum atomic E-state index is -0.846. The molecule has 1 aliphatic rings. The van der Waals surface area contributed by atoms with Crippen LogP contribution in [0.1, 0.15) is 37.9 Å². The van der Waals surface area contributed by atoms with Crippen molar-refractivity contribution >= 4 is 35.3 Å². The molecule has 0 N–H and O–H groups in total. The highest BCUT2D eigenvalue weighted by atomic mass is 32.1. The maximum absolute atomic E-state index is 13.8. The van der Waals surface area contributed by atoms with Crippen LogP contribution < -0.4 is 24.4 Å². The summed E-state index contributed by atoms with van der Waals surface area (Å²) in [6, 6.07) is 12.5. The van der Waals surface area contributed by atoms with E-state index in [0.29, 0.717) is 37.7 Å². The predicted molar refractivity (Wildman–Crippen MR) is 140 cm³/mol. The molecule has 9 nitrogen and oxygen atoms in total. The fraction of sp³-hybridized carbons (Fsp3) is 0.179. The SMILES string of the molecule is C=CCOC(=O)C1=C(C)N=c2s/c(=C/c3ccccc3OC(C)=O)c(=O)n2C1c1ccc(OC(C)=O)cc1. The van der Waals surface area contributed by atoms with Gasteiger partial charge in [-0.2, -0.15) is 0 Å². The quantitative estimate of drug-likeness (QED) is 0.261. The average Bonchev–Trinajstić information content (AvgIpc) is 3.17. The van der Waals surface area contributed by atoms with Gasteiger partial charge in [0, 0.05) is 19.4 Å². The van der Waals surface area contributed by atoms with E-state index in [0.717, 1.165) is 11.3 Å². The van der Waals surface area contributed by atoms with Crippen LogP contribution in [0.3, 0.4) is 0 Å². The third-order valence-corrected chi connectivity index (χ3v) is 6.47. The van der Waals surface area contributed by atoms with Gasteiger partial charge in [0.1, 0.15) is 18.1 Å². The first-order chi connectivity index (χ1) is 18.2. The van der Waals surface area contributed by atoms with Crippen molar-refractivity contribution < 1.29 is 28.6 Å². The molecule has 0 fully saturated rings. The van der Waals surface area contributed by atoms with Crippen LogP contribution in [-0.2, 0) is 19.1 Å². The Kier molecular flexibility index (Phi) is 7.82. The second-order valence-electron chi connectivity index (χ2n) is 8.26. The van der Waals surface area contributed by atoms with Gasteiger partial charge in [-0.1, -0.05) is 54.3 Å². The van der Waals surface area contributed by atoms with Gasteiger partial charge in [0.25, 0.3) is 5.56 Å². The van der Waals surface area contributed by atoms with Gasteiger partial charge in [-0.3, -0.25) is 19.0 Å². The molecule has 3 aromatic rings. The van der Waals surface area contributed by atoms with Gasteiger partial charge in [-0.25, -0.2) is 9.79 Å². The first-order valence-corrected chi connectivity index (χ1v) is 12.4. The number of para-hydroxylation sites is 1. The van der Waals surface area contributed by atoms with Crippen molar-refractivity contribution in [2.24, 2.45) is 4.99 Å². The lowest BCUT2D eigenvalue weighted by atomic mass is 9.96. The van der Waals surface area contributed by atoms with E-state index in [1.807, 2.05) is 0 Å². The molecule has 10 heteroatoms. The van der Waals surface area contributed by atoms with Crippen LogP contribution in [0.2, 0.25) is 0 Å². The number of ether oxygens (including phenoxy) is 3. The van der Waals surface area contributed by atoms with Crippen LogP contribution in [0.25, 0.3) is 6.08 Å². The lowest BCUT2D eigenvalue weighted by molar-refractivity contribution is -0.138. The number of thiazole rings is 1. The summed E-state index contributed by atoms with van der Waals surface area (Å²) in [5.74, 6) is -0.942. The number of nitrogens with zero attached hydrogens (tertiary/aromatic N) is 2. The van der Waals surface area contributed by atoms with Crippen LogP contribution in [0.5, 0.6) is 11.5 Å². The molecule has 0 spiro atoms. The highest BCUT2D eigenvalue weighted by molar-refractivity contribution is 7.07. The van der Waals surface area contributed by atoms with E-state index < -0.39 is 23.9 Å². The van der Waals surface area contributed by atoms with Crippen molar-refractivity contribution in [3.8, 4) is 11.5 Å². The van der Waals surface area contributed by atoms with Gasteiger partial charge < -0.3 is 14.2 Å². The zero-order valence-electron chi connectivity index (χ0n) is 20.9. The Bertz CT molecular complexity index is 1650. The van der Waals surface area contributed by atoms with E-state index in [9.17, 15) is 19.2 Å².